The van der Waals surface area contributed by atoms with E-state index in [9.17, 15) is 9.59 Å². The summed E-state index contributed by atoms with van der Waals surface area (Å²) >= 11 is 1.41. The molecule has 1 atom stereocenters. The SMILES string of the molecule is COC(=O)CC(NC(=O)c1csc(-c2ccc(C)cc2)n1)c1ccccc1. The van der Waals surface area contributed by atoms with Gasteiger partial charge in [0.1, 0.15) is 10.7 Å². The molecule has 0 fully saturated rings. The molecular formula is C21H20N2O3S. The highest BCUT2D eigenvalue weighted by molar-refractivity contribution is 7.13. The van der Waals surface area contributed by atoms with Gasteiger partial charge < -0.3 is 10.1 Å². The van der Waals surface area contributed by atoms with Crippen LogP contribution in [0.5, 0.6) is 0 Å². The predicted molar refractivity (Wildman–Crippen MR) is 106 cm³/mol. The number of nitrogens with one attached hydrogen (secondary N) is 1. The maximum atomic E-state index is 12.7. The Morgan fingerprint density at radius 3 is 2.48 bits per heavy atom. The maximum absolute atomic E-state index is 12.7. The van der Waals surface area contributed by atoms with Crippen molar-refractivity contribution in [2.45, 2.75) is 19.4 Å². The fourth-order valence-corrected chi connectivity index (χ4v) is 3.43. The molecule has 1 N–H and O–H groups in total. The van der Waals surface area contributed by atoms with E-state index in [0.717, 1.165) is 16.1 Å². The summed E-state index contributed by atoms with van der Waals surface area (Å²) in [5.74, 6) is -0.704. The molecule has 3 aromatic rings. The van der Waals surface area contributed by atoms with Crippen LogP contribution >= 0.6 is 11.3 Å². The summed E-state index contributed by atoms with van der Waals surface area (Å²) < 4.78 is 4.76. The molecule has 27 heavy (non-hydrogen) atoms. The number of aryl methyl sites for hydroxylation is 1. The van der Waals surface area contributed by atoms with Crippen molar-refractivity contribution < 1.29 is 14.3 Å². The molecule has 0 aliphatic carbocycles. The molecule has 1 heterocycles. The number of aromatic nitrogens is 1. The minimum atomic E-state index is -0.476. The molecule has 1 amide bonds. The number of thiazole rings is 1. The minimum Gasteiger partial charge on any atom is -0.469 e. The topological polar surface area (TPSA) is 68.3 Å². The average molecular weight is 380 g/mol. The van der Waals surface area contributed by atoms with Crippen LogP contribution in [0.4, 0.5) is 0 Å². The fraction of sp³-hybridized carbons (Fsp3) is 0.190. The zero-order chi connectivity index (χ0) is 19.2. The smallest absolute Gasteiger partial charge is 0.307 e. The lowest BCUT2D eigenvalue weighted by molar-refractivity contribution is -0.141. The van der Waals surface area contributed by atoms with Gasteiger partial charge in [-0.3, -0.25) is 9.59 Å². The van der Waals surface area contributed by atoms with Crippen LogP contribution < -0.4 is 5.32 Å². The van der Waals surface area contributed by atoms with Crippen LogP contribution in [0.25, 0.3) is 10.6 Å². The first kappa shape index (κ1) is 18.8. The fourth-order valence-electron chi connectivity index (χ4n) is 2.63. The number of amides is 1. The summed E-state index contributed by atoms with van der Waals surface area (Å²) in [5.41, 5.74) is 3.31. The molecule has 0 saturated carbocycles. The minimum absolute atomic E-state index is 0.0568. The number of nitrogens with zero attached hydrogens (tertiary/aromatic N) is 1. The summed E-state index contributed by atoms with van der Waals surface area (Å²) in [6.45, 7) is 2.02. The summed E-state index contributed by atoms with van der Waals surface area (Å²) in [4.78, 5) is 28.9. The first-order chi connectivity index (χ1) is 13.1. The first-order valence-electron chi connectivity index (χ1n) is 8.52. The zero-order valence-electron chi connectivity index (χ0n) is 15.1. The number of esters is 1. The highest BCUT2D eigenvalue weighted by Gasteiger charge is 2.21. The van der Waals surface area contributed by atoms with Gasteiger partial charge in [0.15, 0.2) is 0 Å². The van der Waals surface area contributed by atoms with Crippen molar-refractivity contribution >= 4 is 23.2 Å². The second-order valence-corrected chi connectivity index (χ2v) is 6.98. The lowest BCUT2D eigenvalue weighted by atomic mass is 10.0. The largest absolute Gasteiger partial charge is 0.469 e. The van der Waals surface area contributed by atoms with Gasteiger partial charge in [-0.2, -0.15) is 0 Å². The third-order valence-corrected chi connectivity index (χ3v) is 5.03. The summed E-state index contributed by atoms with van der Waals surface area (Å²) in [6.07, 6.45) is 0.0568. The van der Waals surface area contributed by atoms with E-state index in [1.54, 1.807) is 5.38 Å². The number of ether oxygens (including phenoxy) is 1. The first-order valence-corrected chi connectivity index (χ1v) is 9.40. The van der Waals surface area contributed by atoms with Gasteiger partial charge in [-0.15, -0.1) is 11.3 Å². The van der Waals surface area contributed by atoms with Crippen molar-refractivity contribution in [1.82, 2.24) is 10.3 Å². The summed E-state index contributed by atoms with van der Waals surface area (Å²) in [6, 6.07) is 16.9. The Morgan fingerprint density at radius 2 is 1.81 bits per heavy atom. The Balaban J connectivity index is 1.77. The molecule has 0 radical (unpaired) electrons. The van der Waals surface area contributed by atoms with Crippen molar-refractivity contribution in [3.63, 3.8) is 0 Å². The number of rotatable bonds is 6. The highest BCUT2D eigenvalue weighted by Crippen LogP contribution is 2.25. The monoisotopic (exact) mass is 380 g/mol. The van der Waals surface area contributed by atoms with Crippen LogP contribution in [0.15, 0.2) is 60.0 Å². The predicted octanol–water partition coefficient (Wildman–Crippen LogP) is 4.15. The van der Waals surface area contributed by atoms with E-state index in [2.05, 4.69) is 10.3 Å². The van der Waals surface area contributed by atoms with Crippen LogP contribution in [0.2, 0.25) is 0 Å². The molecule has 0 aliphatic heterocycles. The molecule has 138 valence electrons. The third-order valence-electron chi connectivity index (χ3n) is 4.14. The van der Waals surface area contributed by atoms with Crippen molar-refractivity contribution in [2.75, 3.05) is 7.11 Å². The van der Waals surface area contributed by atoms with E-state index in [1.165, 1.54) is 24.0 Å². The van der Waals surface area contributed by atoms with Gasteiger partial charge in [0.25, 0.3) is 5.91 Å². The molecule has 2 aromatic carbocycles. The van der Waals surface area contributed by atoms with E-state index in [0.29, 0.717) is 5.69 Å². The number of benzene rings is 2. The average Bonchev–Trinajstić information content (AvgIpc) is 3.19. The van der Waals surface area contributed by atoms with Crippen LogP contribution in [-0.2, 0) is 9.53 Å². The molecule has 5 nitrogen and oxygen atoms in total. The third kappa shape index (κ3) is 4.80. The summed E-state index contributed by atoms with van der Waals surface area (Å²) in [5, 5.41) is 5.40. The number of carbonyl (C=O) groups is 2. The zero-order valence-corrected chi connectivity index (χ0v) is 16.0. The molecular weight excluding hydrogens is 360 g/mol. The van der Waals surface area contributed by atoms with Crippen molar-refractivity contribution in [2.24, 2.45) is 0 Å². The molecule has 0 spiro atoms. The van der Waals surface area contributed by atoms with Gasteiger partial charge in [-0.05, 0) is 12.5 Å². The van der Waals surface area contributed by atoms with Gasteiger partial charge in [0.2, 0.25) is 0 Å². The Bertz CT molecular complexity index is 920. The van der Waals surface area contributed by atoms with E-state index in [1.807, 2.05) is 61.5 Å². The van der Waals surface area contributed by atoms with E-state index in [4.69, 9.17) is 4.74 Å². The van der Waals surface area contributed by atoms with Gasteiger partial charge >= 0.3 is 5.97 Å². The highest BCUT2D eigenvalue weighted by atomic mass is 32.1. The summed E-state index contributed by atoms with van der Waals surface area (Å²) in [7, 11) is 1.33. The molecule has 0 aliphatic rings. The molecule has 3 rings (SSSR count). The number of hydrogen-bond acceptors (Lipinski definition) is 5. The molecule has 1 unspecified atom stereocenters. The standard InChI is InChI=1S/C21H20N2O3S/c1-14-8-10-16(11-9-14)21-23-18(13-27-21)20(25)22-17(12-19(24)26-2)15-6-4-3-5-7-15/h3-11,13,17H,12H2,1-2H3,(H,22,25). The molecule has 1 aromatic heterocycles. The Labute approximate surface area is 162 Å². The molecule has 0 bridgehead atoms. The van der Waals surface area contributed by atoms with E-state index in [-0.39, 0.29) is 18.3 Å². The maximum Gasteiger partial charge on any atom is 0.307 e. The van der Waals surface area contributed by atoms with Crippen molar-refractivity contribution in [1.29, 1.82) is 0 Å². The van der Waals surface area contributed by atoms with Crippen molar-refractivity contribution in [3.05, 3.63) is 76.8 Å². The van der Waals surface area contributed by atoms with Crippen LogP contribution in [0.3, 0.4) is 0 Å². The van der Waals surface area contributed by atoms with Crippen molar-refractivity contribution in [3.8, 4) is 10.6 Å². The van der Waals surface area contributed by atoms with Gasteiger partial charge in [0, 0.05) is 10.9 Å². The molecule has 6 heteroatoms. The van der Waals surface area contributed by atoms with Gasteiger partial charge in [-0.25, -0.2) is 4.98 Å². The van der Waals surface area contributed by atoms with Gasteiger partial charge in [0.05, 0.1) is 19.6 Å². The van der Waals surface area contributed by atoms with E-state index >= 15 is 0 Å². The van der Waals surface area contributed by atoms with Crippen LogP contribution in [-0.4, -0.2) is 24.0 Å². The Morgan fingerprint density at radius 1 is 1.11 bits per heavy atom. The Kier molecular flexibility index (Phi) is 5.98. The lowest BCUT2D eigenvalue weighted by Crippen LogP contribution is -2.30. The van der Waals surface area contributed by atoms with E-state index < -0.39 is 6.04 Å². The lowest BCUT2D eigenvalue weighted by Gasteiger charge is -2.17. The van der Waals surface area contributed by atoms with Crippen LogP contribution in [0, 0.1) is 6.92 Å². The van der Waals surface area contributed by atoms with Crippen LogP contribution in [0.1, 0.15) is 34.1 Å². The molecule has 0 saturated heterocycles. The van der Waals surface area contributed by atoms with Gasteiger partial charge in [-0.1, -0.05) is 60.2 Å². The number of hydrogen-bond donors (Lipinski definition) is 1. The number of carbonyl (C=O) groups excluding carboxylic acids is 2. The quantitative estimate of drug-likeness (QED) is 0.652. The normalized spacial score (nSPS) is 11.6. The second kappa shape index (κ2) is 8.60. The number of methoxy groups -OCH3 is 1. The second-order valence-electron chi connectivity index (χ2n) is 6.12. The Hall–Kier alpha value is -2.99.